The van der Waals surface area contributed by atoms with E-state index in [1.807, 2.05) is 6.07 Å². The van der Waals surface area contributed by atoms with E-state index in [0.717, 1.165) is 58.5 Å². The molecule has 0 spiro atoms. The molecule has 1 N–H and O–H groups in total. The number of carbonyl (C=O) groups excluding carboxylic acids is 1. The van der Waals surface area contributed by atoms with Crippen molar-refractivity contribution in [3.8, 4) is 0 Å². The number of carbonyl (C=O) groups is 1. The second-order valence-corrected chi connectivity index (χ2v) is 8.33. The van der Waals surface area contributed by atoms with Crippen LogP contribution in [-0.2, 0) is 16.0 Å². The van der Waals surface area contributed by atoms with Gasteiger partial charge in [0.1, 0.15) is 0 Å². The summed E-state index contributed by atoms with van der Waals surface area (Å²) in [7, 11) is 0. The average molecular weight is 357 g/mol. The molecular formula is C22H32N2O2. The topological polar surface area (TPSA) is 41.6 Å². The van der Waals surface area contributed by atoms with Gasteiger partial charge in [-0.3, -0.25) is 4.79 Å². The summed E-state index contributed by atoms with van der Waals surface area (Å²) in [6, 6.07) is 10.5. The Balaban J connectivity index is 1.25. The van der Waals surface area contributed by atoms with Gasteiger partial charge in [0.2, 0.25) is 5.91 Å². The van der Waals surface area contributed by atoms with Gasteiger partial charge in [0, 0.05) is 19.6 Å². The number of ether oxygens (including phenoxy) is 1. The monoisotopic (exact) mass is 356 g/mol. The molecule has 1 aliphatic carbocycles. The molecule has 0 aromatic heterocycles. The number of rotatable bonds is 5. The molecule has 4 heteroatoms. The van der Waals surface area contributed by atoms with Gasteiger partial charge >= 0.3 is 0 Å². The third kappa shape index (κ3) is 3.67. The van der Waals surface area contributed by atoms with Crippen LogP contribution in [0.2, 0.25) is 0 Å². The lowest BCUT2D eigenvalue weighted by Gasteiger charge is -2.43. The molecule has 4 rings (SSSR count). The highest BCUT2D eigenvalue weighted by Crippen LogP contribution is 2.45. The molecule has 1 aromatic rings. The van der Waals surface area contributed by atoms with Crippen LogP contribution in [0.1, 0.15) is 44.1 Å². The molecule has 2 atom stereocenters. The number of fused-ring (bicyclic) bond motifs is 1. The minimum absolute atomic E-state index is 0.0980. The van der Waals surface area contributed by atoms with Gasteiger partial charge < -0.3 is 15.0 Å². The van der Waals surface area contributed by atoms with Gasteiger partial charge in [-0.2, -0.15) is 0 Å². The van der Waals surface area contributed by atoms with E-state index < -0.39 is 0 Å². The van der Waals surface area contributed by atoms with Gasteiger partial charge in [-0.25, -0.2) is 0 Å². The molecular weight excluding hydrogens is 324 g/mol. The number of nitrogens with one attached hydrogen (secondary N) is 1. The fourth-order valence-corrected chi connectivity index (χ4v) is 5.20. The molecule has 1 amide bonds. The molecule has 2 saturated heterocycles. The molecule has 142 valence electrons. The lowest BCUT2D eigenvalue weighted by molar-refractivity contribution is -0.148. The summed E-state index contributed by atoms with van der Waals surface area (Å²) in [6.45, 7) is 4.43. The Morgan fingerprint density at radius 2 is 1.96 bits per heavy atom. The molecule has 1 saturated carbocycles. The predicted octanol–water partition coefficient (Wildman–Crippen LogP) is 3.02. The Hall–Kier alpha value is -1.39. The van der Waals surface area contributed by atoms with Crippen LogP contribution in [0.3, 0.4) is 0 Å². The smallest absolute Gasteiger partial charge is 0.230 e. The Morgan fingerprint density at radius 3 is 2.77 bits per heavy atom. The molecule has 2 heterocycles. The standard InChI is InChI=1S/C22H32N2O2/c25-21(22-12-5-4-8-19(22)16-23-17-22)24-13-9-20(10-14-24)26-15-11-18-6-2-1-3-7-18/h1-3,6-7,19-20,23H,4-5,8-17H2/t19-,22+/m0/s1. The van der Waals surface area contributed by atoms with Crippen molar-refractivity contribution in [3.05, 3.63) is 35.9 Å². The minimum Gasteiger partial charge on any atom is -0.378 e. The van der Waals surface area contributed by atoms with Gasteiger partial charge in [-0.15, -0.1) is 0 Å². The number of likely N-dealkylation sites (tertiary alicyclic amines) is 1. The number of piperidine rings is 1. The Kier molecular flexibility index (Phi) is 5.60. The molecule has 3 fully saturated rings. The first-order valence-electron chi connectivity index (χ1n) is 10.4. The molecule has 3 aliphatic rings. The van der Waals surface area contributed by atoms with Crippen molar-refractivity contribution in [2.24, 2.45) is 11.3 Å². The fourth-order valence-electron chi connectivity index (χ4n) is 5.20. The molecule has 0 radical (unpaired) electrons. The highest BCUT2D eigenvalue weighted by atomic mass is 16.5. The van der Waals surface area contributed by atoms with Gasteiger partial charge in [0.25, 0.3) is 0 Å². The van der Waals surface area contributed by atoms with Crippen LogP contribution in [-0.4, -0.2) is 49.7 Å². The summed E-state index contributed by atoms with van der Waals surface area (Å²) in [5.41, 5.74) is 1.23. The van der Waals surface area contributed by atoms with E-state index in [1.165, 1.54) is 24.8 Å². The van der Waals surface area contributed by atoms with Crippen molar-refractivity contribution in [2.75, 3.05) is 32.8 Å². The molecule has 26 heavy (non-hydrogen) atoms. The van der Waals surface area contributed by atoms with Crippen molar-refractivity contribution in [1.82, 2.24) is 10.2 Å². The quantitative estimate of drug-likeness (QED) is 0.882. The van der Waals surface area contributed by atoms with E-state index in [0.29, 0.717) is 17.9 Å². The number of nitrogens with zero attached hydrogens (tertiary/aromatic N) is 1. The highest BCUT2D eigenvalue weighted by Gasteiger charge is 2.51. The lowest BCUT2D eigenvalue weighted by Crippen LogP contribution is -2.52. The van der Waals surface area contributed by atoms with E-state index >= 15 is 0 Å². The summed E-state index contributed by atoms with van der Waals surface area (Å²) < 4.78 is 6.10. The minimum atomic E-state index is -0.0980. The fraction of sp³-hybridized carbons (Fsp3) is 0.682. The largest absolute Gasteiger partial charge is 0.378 e. The number of hydrogen-bond acceptors (Lipinski definition) is 3. The zero-order valence-corrected chi connectivity index (χ0v) is 15.8. The van der Waals surface area contributed by atoms with E-state index in [-0.39, 0.29) is 5.41 Å². The van der Waals surface area contributed by atoms with Crippen LogP contribution in [0.5, 0.6) is 0 Å². The van der Waals surface area contributed by atoms with Crippen LogP contribution in [0.4, 0.5) is 0 Å². The molecule has 4 nitrogen and oxygen atoms in total. The van der Waals surface area contributed by atoms with Crippen molar-refractivity contribution >= 4 is 5.91 Å². The van der Waals surface area contributed by atoms with Gasteiger partial charge in [-0.05, 0) is 50.1 Å². The van der Waals surface area contributed by atoms with Gasteiger partial charge in [-0.1, -0.05) is 43.2 Å². The number of amides is 1. The van der Waals surface area contributed by atoms with E-state index in [9.17, 15) is 4.79 Å². The molecule has 2 aliphatic heterocycles. The van der Waals surface area contributed by atoms with Gasteiger partial charge in [0.15, 0.2) is 0 Å². The molecule has 0 bridgehead atoms. The zero-order valence-electron chi connectivity index (χ0n) is 15.8. The third-order valence-electron chi connectivity index (χ3n) is 6.78. The van der Waals surface area contributed by atoms with Crippen LogP contribution in [0.15, 0.2) is 30.3 Å². The maximum atomic E-state index is 13.3. The molecule has 1 aromatic carbocycles. The summed E-state index contributed by atoms with van der Waals surface area (Å²) in [4.78, 5) is 15.4. The first kappa shape index (κ1) is 18.0. The summed E-state index contributed by atoms with van der Waals surface area (Å²) in [5.74, 6) is 0.985. The molecule has 0 unspecified atom stereocenters. The van der Waals surface area contributed by atoms with Crippen LogP contribution in [0.25, 0.3) is 0 Å². The van der Waals surface area contributed by atoms with E-state index in [1.54, 1.807) is 0 Å². The van der Waals surface area contributed by atoms with E-state index in [4.69, 9.17) is 4.74 Å². The Morgan fingerprint density at radius 1 is 1.15 bits per heavy atom. The zero-order chi connectivity index (χ0) is 17.8. The lowest BCUT2D eigenvalue weighted by atomic mass is 9.67. The van der Waals surface area contributed by atoms with Gasteiger partial charge in [0.05, 0.1) is 18.1 Å². The summed E-state index contributed by atoms with van der Waals surface area (Å²) in [5, 5.41) is 3.51. The van der Waals surface area contributed by atoms with Crippen molar-refractivity contribution < 1.29 is 9.53 Å². The second kappa shape index (κ2) is 8.10. The Bertz CT molecular complexity index is 597. The Labute approximate surface area is 157 Å². The normalized spacial score (nSPS) is 29.5. The summed E-state index contributed by atoms with van der Waals surface area (Å²) >= 11 is 0. The van der Waals surface area contributed by atoms with Crippen molar-refractivity contribution in [2.45, 2.75) is 51.0 Å². The van der Waals surface area contributed by atoms with Crippen molar-refractivity contribution in [3.63, 3.8) is 0 Å². The SMILES string of the molecule is O=C(N1CCC(OCCc2ccccc2)CC1)[C@@]12CCCC[C@H]1CNC2. The maximum absolute atomic E-state index is 13.3. The second-order valence-electron chi connectivity index (χ2n) is 8.33. The summed E-state index contributed by atoms with van der Waals surface area (Å²) in [6.07, 6.45) is 8.04. The highest BCUT2D eigenvalue weighted by molar-refractivity contribution is 5.84. The van der Waals surface area contributed by atoms with Crippen molar-refractivity contribution in [1.29, 1.82) is 0 Å². The average Bonchev–Trinajstić information content (AvgIpc) is 3.14. The van der Waals surface area contributed by atoms with Crippen LogP contribution >= 0.6 is 0 Å². The maximum Gasteiger partial charge on any atom is 0.230 e. The first-order chi connectivity index (χ1) is 12.8. The predicted molar refractivity (Wildman–Crippen MR) is 103 cm³/mol. The number of benzene rings is 1. The third-order valence-corrected chi connectivity index (χ3v) is 6.78. The first-order valence-corrected chi connectivity index (χ1v) is 10.4. The van der Waals surface area contributed by atoms with Crippen LogP contribution < -0.4 is 5.32 Å². The number of hydrogen-bond donors (Lipinski definition) is 1. The van der Waals surface area contributed by atoms with Crippen LogP contribution in [0, 0.1) is 11.3 Å². The van der Waals surface area contributed by atoms with E-state index in [2.05, 4.69) is 34.5 Å².